The number of pyridine rings is 1. The van der Waals surface area contributed by atoms with Crippen molar-refractivity contribution in [1.82, 2.24) is 4.57 Å². The first-order valence-corrected chi connectivity index (χ1v) is 8.21. The molecule has 1 spiro atoms. The molecule has 3 rings (SSSR count). The number of rotatable bonds is 3. The number of ether oxygens (including phenoxy) is 1. The lowest BCUT2D eigenvalue weighted by Crippen LogP contribution is -2.37. The summed E-state index contributed by atoms with van der Waals surface area (Å²) in [4.78, 5) is 12.6. The van der Waals surface area contributed by atoms with Crippen LogP contribution in [0.25, 0.3) is 0 Å². The van der Waals surface area contributed by atoms with E-state index in [4.69, 9.17) is 4.74 Å². The van der Waals surface area contributed by atoms with E-state index in [-0.39, 0.29) is 17.2 Å². The summed E-state index contributed by atoms with van der Waals surface area (Å²) in [5, 5.41) is 3.24. The first kappa shape index (κ1) is 14.6. The van der Waals surface area contributed by atoms with Crippen LogP contribution in [0.4, 0.5) is 5.69 Å². The molecule has 0 atom stereocenters. The first-order valence-electron chi connectivity index (χ1n) is 8.21. The second-order valence-electron chi connectivity index (χ2n) is 6.80. The smallest absolute Gasteiger partial charge is 0.274 e. The van der Waals surface area contributed by atoms with Gasteiger partial charge in [0.2, 0.25) is 0 Å². The van der Waals surface area contributed by atoms with Crippen molar-refractivity contribution in [3.63, 3.8) is 0 Å². The molecule has 1 aliphatic heterocycles. The van der Waals surface area contributed by atoms with Gasteiger partial charge in [-0.15, -0.1) is 0 Å². The van der Waals surface area contributed by atoms with E-state index in [0.717, 1.165) is 32.3 Å². The summed E-state index contributed by atoms with van der Waals surface area (Å²) in [6.45, 7) is 5.02. The molecule has 0 aromatic carbocycles. The number of hydrogen-bond donors (Lipinski definition) is 1. The second kappa shape index (κ2) is 5.84. The topological polar surface area (TPSA) is 43.3 Å². The highest BCUT2D eigenvalue weighted by atomic mass is 16.5. The quantitative estimate of drug-likeness (QED) is 0.928. The molecule has 0 radical (unpaired) electrons. The minimum absolute atomic E-state index is 0.111. The van der Waals surface area contributed by atoms with Gasteiger partial charge < -0.3 is 14.6 Å². The fraction of sp³-hybridized carbons (Fsp3) is 0.706. The highest BCUT2D eigenvalue weighted by molar-refractivity contribution is 5.41. The van der Waals surface area contributed by atoms with Crippen molar-refractivity contribution in [1.29, 1.82) is 0 Å². The van der Waals surface area contributed by atoms with Crippen molar-refractivity contribution in [2.24, 2.45) is 0 Å². The Morgan fingerprint density at radius 1 is 1.33 bits per heavy atom. The molecule has 0 unspecified atom stereocenters. The Bertz CT molecular complexity index is 534. The summed E-state index contributed by atoms with van der Waals surface area (Å²) >= 11 is 0. The predicted octanol–water partition coefficient (Wildman–Crippen LogP) is 3.33. The SMILES string of the molecule is CC(C)Nc1cccn([C@H]2CC[C@@]3(CCCO3)CC2)c1=O. The fourth-order valence-electron chi connectivity index (χ4n) is 3.77. The lowest BCUT2D eigenvalue weighted by molar-refractivity contribution is -0.0334. The van der Waals surface area contributed by atoms with Crippen molar-refractivity contribution >= 4 is 5.69 Å². The lowest BCUT2D eigenvalue weighted by Gasteiger charge is -2.37. The molecule has 0 amide bonds. The number of hydrogen-bond acceptors (Lipinski definition) is 3. The highest BCUT2D eigenvalue weighted by Gasteiger charge is 2.39. The Morgan fingerprint density at radius 2 is 2.10 bits per heavy atom. The largest absolute Gasteiger partial charge is 0.378 e. The van der Waals surface area contributed by atoms with Gasteiger partial charge in [-0.1, -0.05) is 0 Å². The molecule has 4 nitrogen and oxygen atoms in total. The maximum atomic E-state index is 12.6. The molecule has 2 heterocycles. The summed E-state index contributed by atoms with van der Waals surface area (Å²) in [6, 6.07) is 4.45. The van der Waals surface area contributed by atoms with Gasteiger partial charge in [0.15, 0.2) is 0 Å². The van der Waals surface area contributed by atoms with Gasteiger partial charge in [0.25, 0.3) is 5.56 Å². The summed E-state index contributed by atoms with van der Waals surface area (Å²) in [5.74, 6) is 0. The van der Waals surface area contributed by atoms with Gasteiger partial charge in [-0.2, -0.15) is 0 Å². The van der Waals surface area contributed by atoms with Gasteiger partial charge in [-0.25, -0.2) is 0 Å². The van der Waals surface area contributed by atoms with Crippen molar-refractivity contribution in [2.45, 2.75) is 70.1 Å². The van der Waals surface area contributed by atoms with Gasteiger partial charge in [0, 0.05) is 24.9 Å². The predicted molar refractivity (Wildman–Crippen MR) is 84.9 cm³/mol. The maximum Gasteiger partial charge on any atom is 0.274 e. The van der Waals surface area contributed by atoms with Crippen LogP contribution in [0.5, 0.6) is 0 Å². The molecular weight excluding hydrogens is 264 g/mol. The molecule has 2 aliphatic rings. The van der Waals surface area contributed by atoms with Crippen molar-refractivity contribution in [3.8, 4) is 0 Å². The van der Waals surface area contributed by atoms with Crippen LogP contribution in [0, 0.1) is 0 Å². The first-order chi connectivity index (χ1) is 10.1. The molecular formula is C17H26N2O2. The lowest BCUT2D eigenvalue weighted by atomic mass is 9.80. The Hall–Kier alpha value is -1.29. The third-order valence-corrected chi connectivity index (χ3v) is 4.86. The van der Waals surface area contributed by atoms with Crippen LogP contribution in [0.3, 0.4) is 0 Å². The monoisotopic (exact) mass is 290 g/mol. The van der Waals surface area contributed by atoms with Gasteiger partial charge in [-0.3, -0.25) is 4.79 Å². The molecule has 21 heavy (non-hydrogen) atoms. The van der Waals surface area contributed by atoms with E-state index in [2.05, 4.69) is 19.2 Å². The zero-order valence-corrected chi connectivity index (χ0v) is 13.1. The van der Waals surface area contributed by atoms with Gasteiger partial charge in [-0.05, 0) is 64.5 Å². The summed E-state index contributed by atoms with van der Waals surface area (Å²) in [5.41, 5.74) is 0.956. The molecule has 1 aromatic heterocycles. The zero-order valence-electron chi connectivity index (χ0n) is 13.1. The van der Waals surface area contributed by atoms with Crippen LogP contribution in [0.1, 0.15) is 58.4 Å². The number of aromatic nitrogens is 1. The normalized spacial score (nSPS) is 29.2. The van der Waals surface area contributed by atoms with E-state index in [1.807, 2.05) is 22.9 Å². The van der Waals surface area contributed by atoms with E-state index in [1.54, 1.807) is 0 Å². The molecule has 116 valence electrons. The zero-order chi connectivity index (χ0) is 14.9. The summed E-state index contributed by atoms with van der Waals surface area (Å²) < 4.78 is 7.90. The van der Waals surface area contributed by atoms with Gasteiger partial charge >= 0.3 is 0 Å². The second-order valence-corrected chi connectivity index (χ2v) is 6.80. The van der Waals surface area contributed by atoms with Gasteiger partial charge in [0.05, 0.1) is 5.60 Å². The van der Waals surface area contributed by atoms with Crippen LogP contribution >= 0.6 is 0 Å². The molecule has 1 saturated heterocycles. The summed E-state index contributed by atoms with van der Waals surface area (Å²) in [6.07, 6.45) is 8.60. The third kappa shape index (κ3) is 3.00. The Morgan fingerprint density at radius 3 is 2.71 bits per heavy atom. The van der Waals surface area contributed by atoms with Crippen LogP contribution in [0.15, 0.2) is 23.1 Å². The average Bonchev–Trinajstić information content (AvgIpc) is 2.90. The van der Waals surface area contributed by atoms with Crippen LogP contribution in [0.2, 0.25) is 0 Å². The molecule has 2 fully saturated rings. The Kier molecular flexibility index (Phi) is 4.07. The Labute approximate surface area is 126 Å². The van der Waals surface area contributed by atoms with E-state index in [0.29, 0.717) is 11.7 Å². The molecule has 1 aromatic rings. The van der Waals surface area contributed by atoms with Gasteiger partial charge in [0.1, 0.15) is 5.69 Å². The maximum absolute atomic E-state index is 12.6. The summed E-state index contributed by atoms with van der Waals surface area (Å²) in [7, 11) is 0. The third-order valence-electron chi connectivity index (χ3n) is 4.86. The van der Waals surface area contributed by atoms with Crippen molar-refractivity contribution < 1.29 is 4.74 Å². The van der Waals surface area contributed by atoms with Crippen LogP contribution in [-0.2, 0) is 4.74 Å². The minimum atomic E-state index is 0.111. The molecule has 4 heteroatoms. The van der Waals surface area contributed by atoms with E-state index in [1.165, 1.54) is 12.8 Å². The Balaban J connectivity index is 1.74. The fourth-order valence-corrected chi connectivity index (χ4v) is 3.77. The minimum Gasteiger partial charge on any atom is -0.378 e. The van der Waals surface area contributed by atoms with E-state index < -0.39 is 0 Å². The highest BCUT2D eigenvalue weighted by Crippen LogP contribution is 2.42. The van der Waals surface area contributed by atoms with E-state index in [9.17, 15) is 4.79 Å². The number of nitrogens with zero attached hydrogens (tertiary/aromatic N) is 1. The molecule has 1 aliphatic carbocycles. The van der Waals surface area contributed by atoms with Crippen molar-refractivity contribution in [2.75, 3.05) is 11.9 Å². The molecule has 1 saturated carbocycles. The number of anilines is 1. The molecule has 0 bridgehead atoms. The van der Waals surface area contributed by atoms with E-state index >= 15 is 0 Å². The van der Waals surface area contributed by atoms with Crippen LogP contribution in [-0.4, -0.2) is 22.8 Å². The standard InChI is InChI=1S/C17H26N2O2/c1-13(2)18-15-5-3-11-19(16(15)20)14-6-9-17(10-7-14)8-4-12-21-17/h3,5,11,13-14,18H,4,6-10,12H2,1-2H3/t14-,17-. The number of nitrogens with one attached hydrogen (secondary N) is 1. The van der Waals surface area contributed by atoms with Crippen molar-refractivity contribution in [3.05, 3.63) is 28.7 Å². The average molecular weight is 290 g/mol. The molecule has 1 N–H and O–H groups in total. The van der Waals surface area contributed by atoms with Crippen LogP contribution < -0.4 is 10.9 Å².